The molecule has 0 unspecified atom stereocenters. The van der Waals surface area contributed by atoms with Gasteiger partial charge in [-0.2, -0.15) is 0 Å². The highest BCUT2D eigenvalue weighted by atomic mass is 32.2. The number of aryl methyl sites for hydroxylation is 2. The average molecular weight is 337 g/mol. The highest BCUT2D eigenvalue weighted by Crippen LogP contribution is 2.17. The van der Waals surface area contributed by atoms with Crippen LogP contribution in [0.3, 0.4) is 0 Å². The van der Waals surface area contributed by atoms with Gasteiger partial charge in [-0.3, -0.25) is 0 Å². The molecule has 0 radical (unpaired) electrons. The van der Waals surface area contributed by atoms with Crippen molar-refractivity contribution >= 4 is 19.9 Å². The molecule has 0 aliphatic heterocycles. The standard InChI is InChI=1S/C12H23N3O4S2/c1-5-6-10-14-11(21(13,18)19)9-15(10)7-8-20(16,17)12(2,3)4/h9H,5-8H2,1-4H3,(H2,13,18,19). The quantitative estimate of drug-likeness (QED) is 0.821. The van der Waals surface area contributed by atoms with Gasteiger partial charge in [0, 0.05) is 19.2 Å². The number of sulfonamides is 1. The Balaban J connectivity index is 3.06. The Labute approximate surface area is 126 Å². The van der Waals surface area contributed by atoms with E-state index in [2.05, 4.69) is 4.98 Å². The van der Waals surface area contributed by atoms with Crippen molar-refractivity contribution in [2.45, 2.75) is 56.9 Å². The summed E-state index contributed by atoms with van der Waals surface area (Å²) in [6.45, 7) is 7.01. The molecule has 0 amide bonds. The van der Waals surface area contributed by atoms with Crippen molar-refractivity contribution < 1.29 is 16.8 Å². The van der Waals surface area contributed by atoms with Gasteiger partial charge in [-0.25, -0.2) is 27.0 Å². The number of rotatable bonds is 6. The van der Waals surface area contributed by atoms with E-state index in [1.807, 2.05) is 6.92 Å². The topological polar surface area (TPSA) is 112 Å². The number of primary sulfonamides is 1. The second-order valence-electron chi connectivity index (χ2n) is 5.92. The van der Waals surface area contributed by atoms with E-state index in [9.17, 15) is 16.8 Å². The molecule has 0 atom stereocenters. The molecule has 0 fully saturated rings. The van der Waals surface area contributed by atoms with Crippen LogP contribution >= 0.6 is 0 Å². The summed E-state index contributed by atoms with van der Waals surface area (Å²) in [5.41, 5.74) is 0. The molecule has 2 N–H and O–H groups in total. The minimum absolute atomic E-state index is 0.0758. The maximum Gasteiger partial charge on any atom is 0.257 e. The summed E-state index contributed by atoms with van der Waals surface area (Å²) in [4.78, 5) is 3.99. The zero-order chi connectivity index (χ0) is 16.5. The second kappa shape index (κ2) is 6.05. The number of hydrogen-bond donors (Lipinski definition) is 1. The van der Waals surface area contributed by atoms with Crippen LogP contribution in [0.1, 0.15) is 39.9 Å². The van der Waals surface area contributed by atoms with E-state index >= 15 is 0 Å². The van der Waals surface area contributed by atoms with Crippen molar-refractivity contribution in [3.8, 4) is 0 Å². The molecule has 0 saturated carbocycles. The first-order valence-electron chi connectivity index (χ1n) is 6.69. The fourth-order valence-electron chi connectivity index (χ4n) is 1.71. The van der Waals surface area contributed by atoms with Crippen molar-refractivity contribution in [3.63, 3.8) is 0 Å². The van der Waals surface area contributed by atoms with Gasteiger partial charge in [0.1, 0.15) is 5.82 Å². The number of hydrogen-bond acceptors (Lipinski definition) is 5. The molecule has 1 aromatic heterocycles. The van der Waals surface area contributed by atoms with E-state index in [0.29, 0.717) is 12.2 Å². The van der Waals surface area contributed by atoms with Crippen LogP contribution in [0.25, 0.3) is 0 Å². The number of nitrogens with zero attached hydrogens (tertiary/aromatic N) is 2. The van der Waals surface area contributed by atoms with Gasteiger partial charge in [0.05, 0.1) is 10.5 Å². The molecule has 1 aromatic rings. The molecule has 122 valence electrons. The van der Waals surface area contributed by atoms with Gasteiger partial charge in [0.2, 0.25) is 0 Å². The van der Waals surface area contributed by atoms with Crippen molar-refractivity contribution in [1.82, 2.24) is 9.55 Å². The summed E-state index contributed by atoms with van der Waals surface area (Å²) >= 11 is 0. The average Bonchev–Trinajstić information content (AvgIpc) is 2.68. The van der Waals surface area contributed by atoms with Crippen LogP contribution in [0.5, 0.6) is 0 Å². The van der Waals surface area contributed by atoms with E-state index in [1.165, 1.54) is 6.20 Å². The Bertz CT molecular complexity index is 697. The van der Waals surface area contributed by atoms with Gasteiger partial charge in [0.15, 0.2) is 14.9 Å². The molecule has 0 aliphatic rings. The van der Waals surface area contributed by atoms with Crippen LogP contribution in [-0.4, -0.2) is 36.9 Å². The van der Waals surface area contributed by atoms with Gasteiger partial charge in [0.25, 0.3) is 10.0 Å². The lowest BCUT2D eigenvalue weighted by Crippen LogP contribution is -2.32. The Kier molecular flexibility index (Phi) is 5.22. The Hall–Kier alpha value is -0.930. The maximum atomic E-state index is 12.1. The smallest absolute Gasteiger partial charge is 0.257 e. The zero-order valence-corrected chi connectivity index (χ0v) is 14.5. The lowest BCUT2D eigenvalue weighted by atomic mass is 10.3. The lowest BCUT2D eigenvalue weighted by Gasteiger charge is -2.19. The molecular weight excluding hydrogens is 314 g/mol. The summed E-state index contributed by atoms with van der Waals surface area (Å²) in [6.07, 6.45) is 2.64. The van der Waals surface area contributed by atoms with Crippen molar-refractivity contribution in [2.24, 2.45) is 5.14 Å². The van der Waals surface area contributed by atoms with Gasteiger partial charge in [-0.1, -0.05) is 6.92 Å². The first-order valence-corrected chi connectivity index (χ1v) is 9.89. The van der Waals surface area contributed by atoms with Crippen molar-refractivity contribution in [1.29, 1.82) is 0 Å². The summed E-state index contributed by atoms with van der Waals surface area (Å²) < 4.78 is 47.7. The monoisotopic (exact) mass is 337 g/mol. The van der Waals surface area contributed by atoms with E-state index < -0.39 is 24.6 Å². The lowest BCUT2D eigenvalue weighted by molar-refractivity contribution is 0.551. The van der Waals surface area contributed by atoms with E-state index in [4.69, 9.17) is 5.14 Å². The minimum atomic E-state index is -3.89. The first kappa shape index (κ1) is 18.1. The van der Waals surface area contributed by atoms with E-state index in [0.717, 1.165) is 6.42 Å². The predicted octanol–water partition coefficient (Wildman–Crippen LogP) is 0.696. The largest absolute Gasteiger partial charge is 0.332 e. The zero-order valence-electron chi connectivity index (χ0n) is 12.8. The minimum Gasteiger partial charge on any atom is -0.332 e. The maximum absolute atomic E-state index is 12.1. The molecule has 0 aromatic carbocycles. The van der Waals surface area contributed by atoms with Gasteiger partial charge in [-0.05, 0) is 27.2 Å². The molecule has 0 saturated heterocycles. The Morgan fingerprint density at radius 1 is 1.24 bits per heavy atom. The summed E-state index contributed by atoms with van der Waals surface area (Å²) in [7, 11) is -7.17. The van der Waals surface area contributed by atoms with Crippen LogP contribution < -0.4 is 5.14 Å². The SMILES string of the molecule is CCCc1nc(S(N)(=O)=O)cn1CCS(=O)(=O)C(C)(C)C. The summed E-state index contributed by atoms with van der Waals surface area (Å²) in [6, 6.07) is 0. The third-order valence-corrected chi connectivity index (χ3v) is 6.50. The third-order valence-electron chi connectivity index (χ3n) is 3.14. The summed E-state index contributed by atoms with van der Waals surface area (Å²) in [5, 5.41) is 4.84. The van der Waals surface area contributed by atoms with Crippen LogP contribution in [0, 0.1) is 0 Å². The molecule has 0 spiro atoms. The number of sulfone groups is 1. The molecule has 1 heterocycles. The second-order valence-corrected chi connectivity index (χ2v) is 10.3. The molecular formula is C12H23N3O4S2. The fourth-order valence-corrected chi connectivity index (χ4v) is 3.26. The Morgan fingerprint density at radius 3 is 2.24 bits per heavy atom. The number of nitrogens with two attached hydrogens (primary N) is 1. The van der Waals surface area contributed by atoms with Crippen LogP contribution in [0.4, 0.5) is 0 Å². The first-order chi connectivity index (χ1) is 9.38. The van der Waals surface area contributed by atoms with E-state index in [-0.39, 0.29) is 17.3 Å². The highest BCUT2D eigenvalue weighted by Gasteiger charge is 2.29. The molecule has 7 nitrogen and oxygen atoms in total. The normalized spacial score (nSPS) is 13.6. The number of aromatic nitrogens is 2. The third kappa shape index (κ3) is 4.52. The van der Waals surface area contributed by atoms with Gasteiger partial charge < -0.3 is 4.57 Å². The van der Waals surface area contributed by atoms with Crippen molar-refractivity contribution in [3.05, 3.63) is 12.0 Å². The van der Waals surface area contributed by atoms with Gasteiger partial charge in [-0.15, -0.1) is 0 Å². The highest BCUT2D eigenvalue weighted by molar-refractivity contribution is 7.92. The van der Waals surface area contributed by atoms with Crippen LogP contribution in [0.15, 0.2) is 11.2 Å². The number of imidazole rings is 1. The predicted molar refractivity (Wildman–Crippen MR) is 81.1 cm³/mol. The fraction of sp³-hybridized carbons (Fsp3) is 0.750. The molecule has 9 heteroatoms. The van der Waals surface area contributed by atoms with Gasteiger partial charge >= 0.3 is 0 Å². The Morgan fingerprint density at radius 2 is 1.81 bits per heavy atom. The van der Waals surface area contributed by atoms with Crippen molar-refractivity contribution in [2.75, 3.05) is 5.75 Å². The molecule has 0 aliphatic carbocycles. The van der Waals surface area contributed by atoms with E-state index in [1.54, 1.807) is 25.3 Å². The van der Waals surface area contributed by atoms with Crippen LogP contribution in [-0.2, 0) is 32.8 Å². The molecule has 0 bridgehead atoms. The summed E-state index contributed by atoms with van der Waals surface area (Å²) in [5.74, 6) is 0.457. The van der Waals surface area contributed by atoms with Crippen LogP contribution in [0.2, 0.25) is 0 Å². The molecule has 1 rings (SSSR count). The molecule has 21 heavy (non-hydrogen) atoms.